The van der Waals surface area contributed by atoms with Crippen LogP contribution in [0.25, 0.3) is 0 Å². The molecule has 0 saturated heterocycles. The van der Waals surface area contributed by atoms with E-state index in [9.17, 15) is 0 Å². The molecule has 1 heterocycles. The molecule has 0 saturated carbocycles. The van der Waals surface area contributed by atoms with Gasteiger partial charge < -0.3 is 0 Å². The second-order valence-corrected chi connectivity index (χ2v) is 4.80. The van der Waals surface area contributed by atoms with Crippen molar-refractivity contribution in [2.45, 2.75) is 19.2 Å². The van der Waals surface area contributed by atoms with Crippen LogP contribution in [0.5, 0.6) is 0 Å². The van der Waals surface area contributed by atoms with Crippen LogP contribution in [0.1, 0.15) is 24.8 Å². The van der Waals surface area contributed by atoms with Crippen molar-refractivity contribution < 1.29 is 0 Å². The summed E-state index contributed by atoms with van der Waals surface area (Å²) in [5, 5.41) is 0.0761. The molecule has 0 aromatic carbocycles. The van der Waals surface area contributed by atoms with Crippen LogP contribution in [0.15, 0.2) is 18.5 Å². The van der Waals surface area contributed by atoms with E-state index in [0.29, 0.717) is 5.92 Å². The molecule has 1 unspecified atom stereocenters. The average Bonchev–Trinajstić information content (AvgIpc) is 2.03. The number of aromatic nitrogens is 1. The normalized spacial score (nSPS) is 13.4. The van der Waals surface area contributed by atoms with Gasteiger partial charge >= 0.3 is 0 Å². The Morgan fingerprint density at radius 3 is 2.58 bits per heavy atom. The molecule has 0 radical (unpaired) electrons. The molecule has 1 aromatic heterocycles. The first-order valence-electron chi connectivity index (χ1n) is 3.86. The summed E-state index contributed by atoms with van der Waals surface area (Å²) in [7, 11) is 0. The molecule has 66 valence electrons. The second kappa shape index (κ2) is 4.42. The van der Waals surface area contributed by atoms with Gasteiger partial charge in [0, 0.05) is 16.0 Å². The van der Waals surface area contributed by atoms with Gasteiger partial charge in [-0.25, -0.2) is 0 Å². The maximum absolute atomic E-state index is 6.17. The molecule has 0 spiro atoms. The van der Waals surface area contributed by atoms with Crippen molar-refractivity contribution in [1.82, 2.24) is 4.98 Å². The Balaban J connectivity index is 2.88. The van der Waals surface area contributed by atoms with Crippen molar-refractivity contribution >= 4 is 34.2 Å². The van der Waals surface area contributed by atoms with Crippen LogP contribution in [0.2, 0.25) is 0 Å². The van der Waals surface area contributed by atoms with Gasteiger partial charge in [-0.15, -0.1) is 11.6 Å². The topological polar surface area (TPSA) is 12.9 Å². The van der Waals surface area contributed by atoms with Gasteiger partial charge in [-0.05, 0) is 40.1 Å². The molecule has 12 heavy (non-hydrogen) atoms. The molecular formula is C9H11ClIN. The predicted octanol–water partition coefficient (Wildman–Crippen LogP) is 3.62. The van der Waals surface area contributed by atoms with Gasteiger partial charge in [-0.2, -0.15) is 0 Å². The van der Waals surface area contributed by atoms with Gasteiger partial charge in [0.25, 0.3) is 0 Å². The number of hydrogen-bond donors (Lipinski definition) is 0. The molecule has 0 aliphatic rings. The number of nitrogens with zero attached hydrogens (tertiary/aromatic N) is 1. The minimum atomic E-state index is 0.0761. The Labute approximate surface area is 91.7 Å². The van der Waals surface area contributed by atoms with Crippen molar-refractivity contribution in [3.63, 3.8) is 0 Å². The van der Waals surface area contributed by atoms with E-state index < -0.39 is 0 Å². The summed E-state index contributed by atoms with van der Waals surface area (Å²) in [6, 6.07) is 2.07. The zero-order valence-electron chi connectivity index (χ0n) is 7.09. The molecule has 1 rings (SSSR count). The third kappa shape index (κ3) is 2.59. The van der Waals surface area contributed by atoms with Crippen molar-refractivity contribution in [2.75, 3.05) is 0 Å². The van der Waals surface area contributed by atoms with Gasteiger partial charge in [-0.1, -0.05) is 13.8 Å². The van der Waals surface area contributed by atoms with Gasteiger partial charge in [0.05, 0.1) is 5.38 Å². The zero-order chi connectivity index (χ0) is 9.14. The third-order valence-electron chi connectivity index (χ3n) is 1.63. The molecule has 0 amide bonds. The van der Waals surface area contributed by atoms with E-state index in [1.54, 1.807) is 0 Å². The van der Waals surface area contributed by atoms with E-state index in [1.165, 1.54) is 0 Å². The third-order valence-corrected chi connectivity index (χ3v) is 2.98. The highest BCUT2D eigenvalue weighted by Crippen LogP contribution is 2.28. The second-order valence-electron chi connectivity index (χ2n) is 3.08. The van der Waals surface area contributed by atoms with E-state index in [0.717, 1.165) is 9.13 Å². The first kappa shape index (κ1) is 10.3. The number of alkyl halides is 1. The maximum atomic E-state index is 6.17. The van der Waals surface area contributed by atoms with E-state index in [2.05, 4.69) is 47.5 Å². The van der Waals surface area contributed by atoms with Crippen molar-refractivity contribution in [1.29, 1.82) is 0 Å². The molecule has 1 aromatic rings. The highest BCUT2D eigenvalue weighted by atomic mass is 127. The summed E-state index contributed by atoms with van der Waals surface area (Å²) in [5.74, 6) is 0.451. The van der Waals surface area contributed by atoms with Gasteiger partial charge in [0.1, 0.15) is 0 Å². The smallest absolute Gasteiger partial charge is 0.0623 e. The quantitative estimate of drug-likeness (QED) is 0.600. The lowest BCUT2D eigenvalue weighted by Gasteiger charge is -2.12. The molecular weight excluding hydrogens is 284 g/mol. The Hall–Kier alpha value is 0.170. The number of hydrogen-bond acceptors (Lipinski definition) is 1. The Morgan fingerprint density at radius 2 is 2.08 bits per heavy atom. The standard InChI is InChI=1S/C9H11ClIN/c1-6(2)9(10)7-3-8(11)5-12-4-7/h3-6,9H,1-2H3. The summed E-state index contributed by atoms with van der Waals surface area (Å²) in [6.45, 7) is 4.22. The fourth-order valence-electron chi connectivity index (χ4n) is 0.964. The van der Waals surface area contributed by atoms with Gasteiger partial charge in [-0.3, -0.25) is 4.98 Å². The van der Waals surface area contributed by atoms with E-state index in [-0.39, 0.29) is 5.38 Å². The summed E-state index contributed by atoms with van der Waals surface area (Å²) in [5.41, 5.74) is 1.11. The number of rotatable bonds is 2. The lowest BCUT2D eigenvalue weighted by Crippen LogP contribution is -1.99. The fourth-order valence-corrected chi connectivity index (χ4v) is 1.60. The summed E-state index contributed by atoms with van der Waals surface area (Å²) in [4.78, 5) is 4.10. The number of pyridine rings is 1. The van der Waals surface area contributed by atoms with Crippen LogP contribution in [0, 0.1) is 9.49 Å². The highest BCUT2D eigenvalue weighted by molar-refractivity contribution is 14.1. The Morgan fingerprint density at radius 1 is 1.42 bits per heavy atom. The van der Waals surface area contributed by atoms with E-state index in [4.69, 9.17) is 11.6 Å². The summed E-state index contributed by atoms with van der Waals surface area (Å²) in [6.07, 6.45) is 3.66. The van der Waals surface area contributed by atoms with Crippen molar-refractivity contribution in [3.8, 4) is 0 Å². The van der Waals surface area contributed by atoms with E-state index in [1.807, 2.05) is 12.4 Å². The number of halogens is 2. The minimum Gasteiger partial charge on any atom is -0.263 e. The molecule has 3 heteroatoms. The molecule has 0 aliphatic heterocycles. The fraction of sp³-hybridized carbons (Fsp3) is 0.444. The molecule has 1 atom stereocenters. The molecule has 0 N–H and O–H groups in total. The highest BCUT2D eigenvalue weighted by Gasteiger charge is 2.12. The SMILES string of the molecule is CC(C)C(Cl)c1cncc(I)c1. The minimum absolute atomic E-state index is 0.0761. The first-order valence-corrected chi connectivity index (χ1v) is 5.37. The summed E-state index contributed by atoms with van der Waals surface area (Å²) >= 11 is 8.41. The van der Waals surface area contributed by atoms with Crippen LogP contribution >= 0.6 is 34.2 Å². The molecule has 1 nitrogen and oxygen atoms in total. The van der Waals surface area contributed by atoms with E-state index >= 15 is 0 Å². The molecule has 0 fully saturated rings. The molecule has 0 bridgehead atoms. The van der Waals surface area contributed by atoms with Crippen LogP contribution in [0.4, 0.5) is 0 Å². The van der Waals surface area contributed by atoms with Crippen LogP contribution in [0.3, 0.4) is 0 Å². The zero-order valence-corrected chi connectivity index (χ0v) is 10.0. The van der Waals surface area contributed by atoms with Gasteiger partial charge in [0.15, 0.2) is 0 Å². The lowest BCUT2D eigenvalue weighted by molar-refractivity contribution is 0.622. The predicted molar refractivity (Wildman–Crippen MR) is 60.4 cm³/mol. The first-order chi connectivity index (χ1) is 5.61. The summed E-state index contributed by atoms with van der Waals surface area (Å²) < 4.78 is 1.14. The monoisotopic (exact) mass is 295 g/mol. The largest absolute Gasteiger partial charge is 0.263 e. The Bertz CT molecular complexity index is 262. The van der Waals surface area contributed by atoms with Crippen LogP contribution in [-0.2, 0) is 0 Å². The van der Waals surface area contributed by atoms with Crippen molar-refractivity contribution in [2.24, 2.45) is 5.92 Å². The average molecular weight is 296 g/mol. The van der Waals surface area contributed by atoms with Crippen molar-refractivity contribution in [3.05, 3.63) is 27.6 Å². The lowest BCUT2D eigenvalue weighted by atomic mass is 10.0. The maximum Gasteiger partial charge on any atom is 0.0623 e. The molecule has 0 aliphatic carbocycles. The van der Waals surface area contributed by atoms with Crippen LogP contribution < -0.4 is 0 Å². The van der Waals surface area contributed by atoms with Crippen LogP contribution in [-0.4, -0.2) is 4.98 Å². The Kier molecular flexibility index (Phi) is 3.77. The van der Waals surface area contributed by atoms with Gasteiger partial charge in [0.2, 0.25) is 0 Å².